The summed E-state index contributed by atoms with van der Waals surface area (Å²) in [7, 11) is -1.95. The summed E-state index contributed by atoms with van der Waals surface area (Å²) in [5.41, 5.74) is 2.25. The maximum absolute atomic E-state index is 12.4. The molecule has 1 aromatic carbocycles. The van der Waals surface area contributed by atoms with Gasteiger partial charge in [-0.05, 0) is 41.8 Å². The molecule has 1 amide bonds. The van der Waals surface area contributed by atoms with Crippen LogP contribution in [0.15, 0.2) is 47.6 Å². The van der Waals surface area contributed by atoms with Gasteiger partial charge in [-0.15, -0.1) is 0 Å². The number of aromatic nitrogens is 1. The molecule has 3 rings (SSSR count). The zero-order chi connectivity index (χ0) is 16.6. The first kappa shape index (κ1) is 15.5. The highest BCUT2D eigenvalue weighted by Gasteiger charge is 2.27. The van der Waals surface area contributed by atoms with Crippen molar-refractivity contribution in [1.82, 2.24) is 4.98 Å². The van der Waals surface area contributed by atoms with Gasteiger partial charge in [0.2, 0.25) is 5.91 Å². The minimum absolute atomic E-state index is 0.0524. The van der Waals surface area contributed by atoms with Crippen LogP contribution in [0.4, 0.5) is 11.4 Å². The van der Waals surface area contributed by atoms with Crippen molar-refractivity contribution in [2.24, 2.45) is 0 Å². The summed E-state index contributed by atoms with van der Waals surface area (Å²) in [6.45, 7) is 1.96. The molecular weight excluding hydrogens is 314 g/mol. The summed E-state index contributed by atoms with van der Waals surface area (Å²) in [6.07, 6.45) is 3.24. The molecule has 6 nitrogen and oxygen atoms in total. The van der Waals surface area contributed by atoms with E-state index in [-0.39, 0.29) is 16.7 Å². The van der Waals surface area contributed by atoms with Crippen LogP contribution in [0.3, 0.4) is 0 Å². The number of carbonyl (C=O) groups is 1. The zero-order valence-electron chi connectivity index (χ0n) is 12.9. The van der Waals surface area contributed by atoms with Gasteiger partial charge in [-0.25, -0.2) is 8.42 Å². The molecular formula is C16H17N3O3S. The molecule has 0 spiro atoms. The number of hydrogen-bond acceptors (Lipinski definition) is 4. The van der Waals surface area contributed by atoms with Crippen molar-refractivity contribution in [3.05, 3.63) is 48.3 Å². The van der Waals surface area contributed by atoms with Gasteiger partial charge in [-0.1, -0.05) is 6.92 Å². The van der Waals surface area contributed by atoms with E-state index in [4.69, 9.17) is 0 Å². The molecule has 1 aromatic heterocycles. The fraction of sp³-hybridized carbons (Fsp3) is 0.250. The van der Waals surface area contributed by atoms with Gasteiger partial charge in [0, 0.05) is 37.2 Å². The lowest BCUT2D eigenvalue weighted by molar-refractivity contribution is -0.119. The first-order valence-electron chi connectivity index (χ1n) is 7.22. The number of fused-ring (bicyclic) bond motifs is 1. The molecule has 0 bridgehead atoms. The molecule has 1 atom stereocenters. The van der Waals surface area contributed by atoms with Gasteiger partial charge in [0.25, 0.3) is 10.0 Å². The summed E-state index contributed by atoms with van der Waals surface area (Å²) in [6, 6.07) is 8.28. The maximum Gasteiger partial charge on any atom is 0.263 e. The van der Waals surface area contributed by atoms with Gasteiger partial charge >= 0.3 is 0 Å². The Labute approximate surface area is 135 Å². The molecule has 0 saturated heterocycles. The van der Waals surface area contributed by atoms with Gasteiger partial charge < -0.3 is 4.90 Å². The summed E-state index contributed by atoms with van der Waals surface area (Å²) < 4.78 is 27.3. The molecule has 2 heterocycles. The summed E-state index contributed by atoms with van der Waals surface area (Å²) in [4.78, 5) is 17.4. The standard InChI is InChI=1S/C16H17N3O3S/c1-11-8-16(20)19(2)15-6-5-12(9-14(11)15)18-23(21,22)13-4-3-7-17-10-13/h3-7,9-11,18H,8H2,1-2H3. The van der Waals surface area contributed by atoms with Crippen LogP contribution in [0.2, 0.25) is 0 Å². The van der Waals surface area contributed by atoms with E-state index in [1.165, 1.54) is 18.5 Å². The average Bonchev–Trinajstić information content (AvgIpc) is 2.53. The lowest BCUT2D eigenvalue weighted by atomic mass is 9.91. The van der Waals surface area contributed by atoms with Crippen LogP contribution in [0, 0.1) is 0 Å². The Morgan fingerprint density at radius 3 is 2.78 bits per heavy atom. The number of nitrogens with zero attached hydrogens (tertiary/aromatic N) is 2. The molecule has 0 radical (unpaired) electrons. The molecule has 1 N–H and O–H groups in total. The highest BCUT2D eigenvalue weighted by Crippen LogP contribution is 2.36. The largest absolute Gasteiger partial charge is 0.315 e. The average molecular weight is 331 g/mol. The maximum atomic E-state index is 12.4. The van der Waals surface area contributed by atoms with Crippen molar-refractivity contribution < 1.29 is 13.2 Å². The van der Waals surface area contributed by atoms with Crippen LogP contribution in [-0.2, 0) is 14.8 Å². The number of anilines is 2. The van der Waals surface area contributed by atoms with Gasteiger partial charge in [0.1, 0.15) is 4.90 Å². The topological polar surface area (TPSA) is 79.4 Å². The van der Waals surface area contributed by atoms with E-state index in [2.05, 4.69) is 9.71 Å². The molecule has 23 heavy (non-hydrogen) atoms. The van der Waals surface area contributed by atoms with E-state index in [1.807, 2.05) is 6.92 Å². The van der Waals surface area contributed by atoms with E-state index in [1.54, 1.807) is 36.2 Å². The highest BCUT2D eigenvalue weighted by molar-refractivity contribution is 7.92. The Morgan fingerprint density at radius 2 is 2.09 bits per heavy atom. The van der Waals surface area contributed by atoms with Crippen molar-refractivity contribution in [1.29, 1.82) is 0 Å². The third-order valence-corrected chi connectivity index (χ3v) is 5.34. The van der Waals surface area contributed by atoms with Crippen molar-refractivity contribution >= 4 is 27.3 Å². The highest BCUT2D eigenvalue weighted by atomic mass is 32.2. The number of hydrogen-bond donors (Lipinski definition) is 1. The molecule has 0 saturated carbocycles. The fourth-order valence-corrected chi connectivity index (χ4v) is 3.69. The van der Waals surface area contributed by atoms with Crippen LogP contribution in [0.25, 0.3) is 0 Å². The van der Waals surface area contributed by atoms with Crippen LogP contribution in [0.1, 0.15) is 24.8 Å². The molecule has 7 heteroatoms. The van der Waals surface area contributed by atoms with E-state index >= 15 is 0 Å². The van der Waals surface area contributed by atoms with Crippen LogP contribution >= 0.6 is 0 Å². The molecule has 1 aliphatic rings. The monoisotopic (exact) mass is 331 g/mol. The minimum atomic E-state index is -3.67. The molecule has 120 valence electrons. The number of sulfonamides is 1. The van der Waals surface area contributed by atoms with Crippen molar-refractivity contribution in [2.75, 3.05) is 16.7 Å². The predicted molar refractivity (Wildman–Crippen MR) is 87.9 cm³/mol. The fourth-order valence-electron chi connectivity index (χ4n) is 2.68. The molecule has 0 aliphatic carbocycles. The van der Waals surface area contributed by atoms with Gasteiger partial charge in [-0.3, -0.25) is 14.5 Å². The number of pyridine rings is 1. The second kappa shape index (κ2) is 5.66. The minimum Gasteiger partial charge on any atom is -0.315 e. The summed E-state index contributed by atoms with van der Waals surface area (Å²) in [5, 5.41) is 0. The van der Waals surface area contributed by atoms with Crippen molar-refractivity contribution in [3.63, 3.8) is 0 Å². The lowest BCUT2D eigenvalue weighted by Crippen LogP contribution is -2.32. The van der Waals surface area contributed by atoms with E-state index in [0.29, 0.717) is 12.1 Å². The lowest BCUT2D eigenvalue weighted by Gasteiger charge is -2.30. The number of nitrogens with one attached hydrogen (secondary N) is 1. The number of carbonyl (C=O) groups excluding carboxylic acids is 1. The van der Waals surface area contributed by atoms with E-state index in [0.717, 1.165) is 11.3 Å². The Hall–Kier alpha value is -2.41. The van der Waals surface area contributed by atoms with Crippen molar-refractivity contribution in [2.45, 2.75) is 24.2 Å². The second-order valence-electron chi connectivity index (χ2n) is 5.63. The Kier molecular flexibility index (Phi) is 3.81. The van der Waals surface area contributed by atoms with Gasteiger partial charge in [-0.2, -0.15) is 0 Å². The van der Waals surface area contributed by atoms with E-state index in [9.17, 15) is 13.2 Å². The second-order valence-corrected chi connectivity index (χ2v) is 7.31. The first-order chi connectivity index (χ1) is 10.9. The van der Waals surface area contributed by atoms with Gasteiger partial charge in [0.05, 0.1) is 0 Å². The SMILES string of the molecule is CC1CC(=O)N(C)c2ccc(NS(=O)(=O)c3cccnc3)cc21. The third-order valence-electron chi connectivity index (χ3n) is 3.97. The van der Waals surface area contributed by atoms with Crippen LogP contribution in [0.5, 0.6) is 0 Å². The quantitative estimate of drug-likeness (QED) is 0.936. The molecule has 1 unspecified atom stereocenters. The van der Waals surface area contributed by atoms with Crippen LogP contribution in [-0.4, -0.2) is 26.4 Å². The Bertz CT molecular complexity index is 850. The number of rotatable bonds is 3. The summed E-state index contributed by atoms with van der Waals surface area (Å²) in [5.74, 6) is 0.116. The zero-order valence-corrected chi connectivity index (χ0v) is 13.7. The Balaban J connectivity index is 1.94. The Morgan fingerprint density at radius 1 is 1.30 bits per heavy atom. The van der Waals surface area contributed by atoms with Gasteiger partial charge in [0.15, 0.2) is 0 Å². The summed E-state index contributed by atoms with van der Waals surface area (Å²) >= 11 is 0. The normalized spacial score (nSPS) is 17.7. The van der Waals surface area contributed by atoms with E-state index < -0.39 is 10.0 Å². The first-order valence-corrected chi connectivity index (χ1v) is 8.70. The number of amides is 1. The number of benzene rings is 1. The molecule has 0 fully saturated rings. The third kappa shape index (κ3) is 2.92. The van der Waals surface area contributed by atoms with Crippen molar-refractivity contribution in [3.8, 4) is 0 Å². The predicted octanol–water partition coefficient (Wildman–Crippen LogP) is 2.35. The molecule has 1 aliphatic heterocycles. The smallest absolute Gasteiger partial charge is 0.263 e. The molecule has 2 aromatic rings. The van der Waals surface area contributed by atoms with Crippen LogP contribution < -0.4 is 9.62 Å².